The zero-order chi connectivity index (χ0) is 49.0. The van der Waals surface area contributed by atoms with Crippen molar-refractivity contribution < 1.29 is 43.5 Å². The number of rotatable bonds is 23. The largest absolute Gasteiger partial charge is 0.459 e. The molecular formula is C60H66N2O9. The van der Waals surface area contributed by atoms with Crippen LogP contribution in [0.4, 0.5) is 4.79 Å². The number of fused-ring (bicyclic) bond motifs is 4. The Morgan fingerprint density at radius 3 is 2.35 bits per heavy atom. The van der Waals surface area contributed by atoms with Crippen LogP contribution in [0.5, 0.6) is 17.2 Å². The summed E-state index contributed by atoms with van der Waals surface area (Å²) in [4.78, 5) is 23.0. The van der Waals surface area contributed by atoms with Gasteiger partial charge in [-0.2, -0.15) is 0 Å². The molecule has 0 saturated heterocycles. The van der Waals surface area contributed by atoms with Crippen molar-refractivity contribution in [2.24, 2.45) is 22.9 Å². The minimum atomic E-state index is -1.48. The number of amides is 1. The molecule has 2 N–H and O–H groups in total. The van der Waals surface area contributed by atoms with Crippen LogP contribution in [0.25, 0.3) is 21.5 Å². The number of hydrogen-bond acceptors (Lipinski definition) is 10. The zero-order valence-electron chi connectivity index (χ0n) is 40.7. The molecule has 0 aromatic heterocycles. The maximum absolute atomic E-state index is 15.2. The van der Waals surface area contributed by atoms with Crippen molar-refractivity contribution in [3.05, 3.63) is 174 Å². The van der Waals surface area contributed by atoms with Crippen LogP contribution in [0.15, 0.2) is 163 Å². The lowest BCUT2D eigenvalue weighted by Gasteiger charge is -2.59. The molecule has 0 radical (unpaired) electrons. The van der Waals surface area contributed by atoms with Gasteiger partial charge in [0.15, 0.2) is 0 Å². The average Bonchev–Trinajstić information content (AvgIpc) is 3.40. The Labute approximate surface area is 417 Å². The van der Waals surface area contributed by atoms with Gasteiger partial charge < -0.3 is 38.7 Å². The van der Waals surface area contributed by atoms with E-state index in [-0.39, 0.29) is 63.8 Å². The summed E-state index contributed by atoms with van der Waals surface area (Å²) in [6, 6.07) is 43.8. The molecule has 71 heavy (non-hydrogen) atoms. The summed E-state index contributed by atoms with van der Waals surface area (Å²) >= 11 is 0. The van der Waals surface area contributed by atoms with Gasteiger partial charge in [0, 0.05) is 31.1 Å². The third kappa shape index (κ3) is 11.0. The van der Waals surface area contributed by atoms with Gasteiger partial charge in [-0.3, -0.25) is 4.90 Å². The molecule has 11 nitrogen and oxygen atoms in total. The van der Waals surface area contributed by atoms with E-state index in [1.807, 2.05) is 85.8 Å². The van der Waals surface area contributed by atoms with Crippen LogP contribution in [0.3, 0.4) is 0 Å². The highest BCUT2D eigenvalue weighted by Crippen LogP contribution is 2.62. The maximum Gasteiger partial charge on any atom is 0.410 e. The lowest BCUT2D eigenvalue weighted by molar-refractivity contribution is -0.256. The third-order valence-electron chi connectivity index (χ3n) is 14.3. The van der Waals surface area contributed by atoms with Crippen molar-refractivity contribution in [1.82, 2.24) is 4.90 Å². The topological polar surface area (TPSA) is 129 Å². The molecular weight excluding hydrogens is 893 g/mol. The minimum Gasteiger partial charge on any atom is -0.459 e. The first-order valence-corrected chi connectivity index (χ1v) is 25.3. The molecule has 6 aromatic rings. The average molecular weight is 959 g/mol. The van der Waals surface area contributed by atoms with Gasteiger partial charge in [-0.25, -0.2) is 4.79 Å². The summed E-state index contributed by atoms with van der Waals surface area (Å²) in [6.07, 6.45) is 8.35. The molecule has 1 saturated carbocycles. The van der Waals surface area contributed by atoms with Crippen LogP contribution in [-0.4, -0.2) is 78.4 Å². The fraction of sp³-hybridized carbons (Fsp3) is 0.367. The van der Waals surface area contributed by atoms with Gasteiger partial charge in [-0.05, 0) is 113 Å². The number of benzene rings is 6. The minimum absolute atomic E-state index is 0.0220. The van der Waals surface area contributed by atoms with Crippen LogP contribution in [0.2, 0.25) is 0 Å². The van der Waals surface area contributed by atoms with Crippen LogP contribution in [0, 0.1) is 17.8 Å². The second-order valence-corrected chi connectivity index (χ2v) is 18.7. The van der Waals surface area contributed by atoms with Gasteiger partial charge >= 0.3 is 6.09 Å². The predicted molar refractivity (Wildman–Crippen MR) is 278 cm³/mol. The Hall–Kier alpha value is -6.50. The van der Waals surface area contributed by atoms with Gasteiger partial charge in [-0.1, -0.05) is 133 Å². The molecule has 11 heteroatoms. The molecule has 3 aliphatic rings. The molecule has 6 aromatic carbocycles. The second-order valence-electron chi connectivity index (χ2n) is 18.7. The molecule has 2 aliphatic carbocycles. The van der Waals surface area contributed by atoms with Crippen LogP contribution in [0.1, 0.15) is 74.5 Å². The Bertz CT molecular complexity index is 2810. The molecule has 0 bridgehead atoms. The number of aliphatic hydroxyl groups is 2. The molecule has 1 heterocycles. The van der Waals surface area contributed by atoms with Gasteiger partial charge in [0.1, 0.15) is 36.5 Å². The van der Waals surface area contributed by atoms with Crippen molar-refractivity contribution in [1.29, 1.82) is 0 Å². The number of ether oxygens (including phenoxy) is 5. The van der Waals surface area contributed by atoms with Gasteiger partial charge in [-0.15, -0.1) is 6.58 Å². The Morgan fingerprint density at radius 2 is 1.55 bits per heavy atom. The number of carbonyl (C=O) groups is 1. The summed E-state index contributed by atoms with van der Waals surface area (Å²) in [7, 11) is 0. The van der Waals surface area contributed by atoms with Crippen molar-refractivity contribution in [3.63, 3.8) is 0 Å². The first-order chi connectivity index (χ1) is 34.9. The van der Waals surface area contributed by atoms with Crippen LogP contribution in [-0.2, 0) is 32.2 Å². The van der Waals surface area contributed by atoms with E-state index in [2.05, 4.69) is 67.3 Å². The maximum atomic E-state index is 15.2. The van der Waals surface area contributed by atoms with E-state index < -0.39 is 23.8 Å². The quantitative estimate of drug-likeness (QED) is 0.0366. The summed E-state index contributed by atoms with van der Waals surface area (Å²) in [5, 5.41) is 29.3. The third-order valence-corrected chi connectivity index (χ3v) is 14.3. The van der Waals surface area contributed by atoms with Crippen molar-refractivity contribution in [2.75, 3.05) is 39.6 Å². The Balaban J connectivity index is 1.19. The van der Waals surface area contributed by atoms with E-state index in [9.17, 15) is 10.2 Å². The number of allylic oxidation sites excluding steroid dienone is 1. The highest BCUT2D eigenvalue weighted by atomic mass is 16.7. The van der Waals surface area contributed by atoms with E-state index >= 15 is 4.79 Å². The molecule has 9 rings (SSSR count). The fourth-order valence-electron chi connectivity index (χ4n) is 11.2. The number of oxime groups is 1. The lowest BCUT2D eigenvalue weighted by atomic mass is 9.55. The molecule has 6 unspecified atom stereocenters. The summed E-state index contributed by atoms with van der Waals surface area (Å²) in [5.74, 6) is -0.115. The van der Waals surface area contributed by atoms with Crippen LogP contribution >= 0.6 is 0 Å². The van der Waals surface area contributed by atoms with Crippen molar-refractivity contribution in [2.45, 2.75) is 82.8 Å². The molecule has 1 fully saturated rings. The number of hydrogen-bond donors (Lipinski definition) is 2. The molecule has 6 atom stereocenters. The van der Waals surface area contributed by atoms with E-state index in [0.717, 1.165) is 69.5 Å². The first kappa shape index (κ1) is 49.5. The molecule has 0 spiro atoms. The normalized spacial score (nSPS) is 21.7. The standard InChI is InChI=1S/C60H66N2O9/c1-3-33-68-60-56(62(40-47-24-16-23-44-20-10-11-25-50(44)47)59(65)67-35-34-66-41-42-17-6-5-7-18-42)39-54(61-69-4-2)52-37-46(22-12-14-31-63)51(26-13-15-32-64)57(58(52)60)53-38-49(29-30-55(53)71-60)70-48-28-27-43-19-8-9-21-45(43)36-48/h3,5-11,16-21,23-25,27-30,36-38,46,51,56-58,63-64H,1,4,12-15,22,26,31-35,39-41H2,2H3. The smallest absolute Gasteiger partial charge is 0.410 e. The Kier molecular flexibility index (Phi) is 16.5. The molecule has 370 valence electrons. The second kappa shape index (κ2) is 23.6. The van der Waals surface area contributed by atoms with Gasteiger partial charge in [0.25, 0.3) is 0 Å². The van der Waals surface area contributed by atoms with Crippen LogP contribution < -0.4 is 9.47 Å². The number of carbonyl (C=O) groups excluding carboxylic acids is 1. The summed E-state index contributed by atoms with van der Waals surface area (Å²) in [6.45, 7) is 7.46. The van der Waals surface area contributed by atoms with Gasteiger partial charge in [0.05, 0.1) is 38.0 Å². The zero-order valence-corrected chi connectivity index (χ0v) is 40.7. The summed E-state index contributed by atoms with van der Waals surface area (Å²) < 4.78 is 33.7. The number of nitrogens with zero attached hydrogens (tertiary/aromatic N) is 2. The highest BCUT2D eigenvalue weighted by Gasteiger charge is 2.65. The number of unbranched alkanes of at least 4 members (excludes halogenated alkanes) is 2. The van der Waals surface area contributed by atoms with E-state index in [4.69, 9.17) is 33.7 Å². The molecule has 1 aliphatic heterocycles. The van der Waals surface area contributed by atoms with E-state index in [1.165, 1.54) is 0 Å². The number of aliphatic hydroxyl groups excluding tert-OH is 2. The van der Waals surface area contributed by atoms with E-state index in [0.29, 0.717) is 49.0 Å². The van der Waals surface area contributed by atoms with E-state index in [1.54, 1.807) is 11.0 Å². The van der Waals surface area contributed by atoms with Crippen molar-refractivity contribution in [3.8, 4) is 17.2 Å². The van der Waals surface area contributed by atoms with Crippen molar-refractivity contribution >= 4 is 33.3 Å². The Morgan fingerprint density at radius 1 is 0.817 bits per heavy atom. The van der Waals surface area contributed by atoms with Gasteiger partial charge in [0.2, 0.25) is 5.79 Å². The predicted octanol–water partition coefficient (Wildman–Crippen LogP) is 12.3. The fourth-order valence-corrected chi connectivity index (χ4v) is 11.2. The monoisotopic (exact) mass is 958 g/mol. The summed E-state index contributed by atoms with van der Waals surface area (Å²) in [5.41, 5.74) is 4.59. The first-order valence-electron chi connectivity index (χ1n) is 25.3. The lowest BCUT2D eigenvalue weighted by Crippen LogP contribution is -2.70. The SMILES string of the molecule is C=CCOC12Oc3ccc(Oc4ccc5ccccc5c4)cc3C3C(CCCCO)C(CCCCO)C=C(C(=NOCC)CC1N(Cc1cccc4ccccc14)C(=O)OCCOCc1ccccc1)C32. The highest BCUT2D eigenvalue weighted by molar-refractivity contribution is 6.03. The molecule has 1 amide bonds.